The molecule has 0 saturated heterocycles. The van der Waals surface area contributed by atoms with Gasteiger partial charge in [-0.3, -0.25) is 0 Å². The number of benzene rings is 11. The zero-order chi connectivity index (χ0) is 43.8. The molecule has 11 aromatic carbocycles. The van der Waals surface area contributed by atoms with Crippen molar-refractivity contribution in [3.8, 4) is 39.1 Å². The quantitative estimate of drug-likeness (QED) is 0.131. The third-order valence-corrected chi connectivity index (χ3v) is 12.9. The smallest absolute Gasteiger partial charge is 0.0561 e. The lowest BCUT2D eigenvalue weighted by atomic mass is 9.85. The normalized spacial score (nSPS) is 11.6. The Kier molecular flexibility index (Phi) is 9.89. The van der Waals surface area contributed by atoms with Crippen molar-refractivity contribution in [1.82, 2.24) is 4.57 Å². The van der Waals surface area contributed by atoms with Crippen LogP contribution in [-0.4, -0.2) is 4.57 Å². The van der Waals surface area contributed by atoms with Crippen LogP contribution in [0, 0.1) is 0 Å². The van der Waals surface area contributed by atoms with E-state index in [4.69, 9.17) is 0 Å². The standard InChI is InChI=1S/C64H44N2/c1-6-18-47(19-7-1)60-44-61(64(48-20-8-2-9-21-48)59-29-17-16-28-56(59)60)51-36-35-49-40-45(32-34-50(49)42-51)30-31-46-33-38-57-58-39-37-55(43-63(58)66(62(57)41-46)54-26-14-5-15-27-54)65(52-22-10-3-11-23-52)53-24-12-4-13-25-53/h1-44H. The Hall–Kier alpha value is -8.72. The molecule has 0 amide bonds. The van der Waals surface area contributed by atoms with Gasteiger partial charge >= 0.3 is 0 Å². The summed E-state index contributed by atoms with van der Waals surface area (Å²) in [5.74, 6) is 0. The van der Waals surface area contributed by atoms with E-state index in [9.17, 15) is 0 Å². The molecular formula is C64H44N2. The van der Waals surface area contributed by atoms with Crippen molar-refractivity contribution in [2.75, 3.05) is 4.90 Å². The maximum absolute atomic E-state index is 2.41. The van der Waals surface area contributed by atoms with Crippen molar-refractivity contribution >= 4 is 72.6 Å². The Labute approximate surface area is 385 Å². The molecule has 0 radical (unpaired) electrons. The highest BCUT2D eigenvalue weighted by atomic mass is 15.1. The molecule has 0 aliphatic carbocycles. The van der Waals surface area contributed by atoms with Crippen LogP contribution in [0.3, 0.4) is 0 Å². The van der Waals surface area contributed by atoms with E-state index in [2.05, 4.69) is 276 Å². The van der Waals surface area contributed by atoms with Crippen molar-refractivity contribution in [3.63, 3.8) is 0 Å². The van der Waals surface area contributed by atoms with E-state index in [1.54, 1.807) is 0 Å². The number of rotatable bonds is 9. The molecule has 0 bridgehead atoms. The van der Waals surface area contributed by atoms with E-state index in [0.29, 0.717) is 0 Å². The van der Waals surface area contributed by atoms with Gasteiger partial charge in [0.15, 0.2) is 0 Å². The molecule has 66 heavy (non-hydrogen) atoms. The molecular weight excluding hydrogens is 797 g/mol. The number of hydrogen-bond donors (Lipinski definition) is 0. The summed E-state index contributed by atoms with van der Waals surface area (Å²) < 4.78 is 2.41. The summed E-state index contributed by atoms with van der Waals surface area (Å²) in [6.45, 7) is 0. The van der Waals surface area contributed by atoms with Gasteiger partial charge in [-0.05, 0) is 139 Å². The second-order valence-electron chi connectivity index (χ2n) is 16.9. The molecule has 1 aromatic heterocycles. The molecule has 0 aliphatic rings. The molecule has 12 rings (SSSR count). The molecule has 0 aliphatic heterocycles. The van der Waals surface area contributed by atoms with Crippen molar-refractivity contribution in [2.24, 2.45) is 0 Å². The van der Waals surface area contributed by atoms with Crippen LogP contribution in [0.2, 0.25) is 0 Å². The maximum Gasteiger partial charge on any atom is 0.0561 e. The Balaban J connectivity index is 0.924. The zero-order valence-corrected chi connectivity index (χ0v) is 36.3. The molecule has 0 N–H and O–H groups in total. The van der Waals surface area contributed by atoms with Crippen LogP contribution < -0.4 is 4.90 Å². The third-order valence-electron chi connectivity index (χ3n) is 12.9. The molecule has 2 nitrogen and oxygen atoms in total. The van der Waals surface area contributed by atoms with Crippen LogP contribution in [0.5, 0.6) is 0 Å². The fourth-order valence-electron chi connectivity index (χ4n) is 9.83. The first kappa shape index (κ1) is 38.9. The number of fused-ring (bicyclic) bond motifs is 5. The first-order chi connectivity index (χ1) is 32.7. The maximum atomic E-state index is 2.41. The summed E-state index contributed by atoms with van der Waals surface area (Å²) in [5.41, 5.74) is 16.5. The number of para-hydroxylation sites is 3. The Morgan fingerprint density at radius 3 is 1.50 bits per heavy atom. The van der Waals surface area contributed by atoms with Crippen LogP contribution >= 0.6 is 0 Å². The average molecular weight is 841 g/mol. The van der Waals surface area contributed by atoms with Gasteiger partial charge in [-0.2, -0.15) is 0 Å². The topological polar surface area (TPSA) is 8.17 Å². The second kappa shape index (κ2) is 16.8. The lowest BCUT2D eigenvalue weighted by Crippen LogP contribution is -2.09. The van der Waals surface area contributed by atoms with E-state index >= 15 is 0 Å². The van der Waals surface area contributed by atoms with Gasteiger partial charge in [-0.25, -0.2) is 0 Å². The highest BCUT2D eigenvalue weighted by molar-refractivity contribution is 6.12. The number of hydrogen-bond acceptors (Lipinski definition) is 1. The molecule has 0 atom stereocenters. The molecule has 2 heteroatoms. The minimum absolute atomic E-state index is 1.11. The minimum Gasteiger partial charge on any atom is -0.310 e. The first-order valence-electron chi connectivity index (χ1n) is 22.7. The van der Waals surface area contributed by atoms with Crippen LogP contribution in [0.25, 0.3) is 94.6 Å². The summed E-state index contributed by atoms with van der Waals surface area (Å²) in [4.78, 5) is 2.33. The Morgan fingerprint density at radius 1 is 0.303 bits per heavy atom. The van der Waals surface area contributed by atoms with Crippen molar-refractivity contribution < 1.29 is 0 Å². The highest BCUT2D eigenvalue weighted by Crippen LogP contribution is 2.44. The first-order valence-corrected chi connectivity index (χ1v) is 22.7. The molecule has 310 valence electrons. The van der Waals surface area contributed by atoms with Gasteiger partial charge in [-0.1, -0.05) is 194 Å². The minimum atomic E-state index is 1.11. The Bertz CT molecular complexity index is 3680. The van der Waals surface area contributed by atoms with E-state index in [0.717, 1.165) is 39.4 Å². The van der Waals surface area contributed by atoms with Gasteiger partial charge in [0.2, 0.25) is 0 Å². The summed E-state index contributed by atoms with van der Waals surface area (Å²) in [6, 6.07) is 92.2. The molecule has 0 unspecified atom stereocenters. The second-order valence-corrected chi connectivity index (χ2v) is 16.9. The van der Waals surface area contributed by atoms with Crippen molar-refractivity contribution in [3.05, 3.63) is 266 Å². The number of anilines is 3. The predicted octanol–water partition coefficient (Wildman–Crippen LogP) is 17.7. The zero-order valence-electron chi connectivity index (χ0n) is 36.3. The monoisotopic (exact) mass is 840 g/mol. The van der Waals surface area contributed by atoms with E-state index in [1.807, 2.05) is 0 Å². The van der Waals surface area contributed by atoms with Crippen molar-refractivity contribution in [2.45, 2.75) is 0 Å². The lowest BCUT2D eigenvalue weighted by Gasteiger charge is -2.25. The molecule has 1 heterocycles. The SMILES string of the molecule is C(=Cc1ccc2c3ccc(N(c4ccccc4)c4ccccc4)cc3n(-c3ccccc3)c2c1)c1ccc2cc(-c3cc(-c4ccccc4)c4ccccc4c3-c3ccccc3)ccc2c1. The van der Waals surface area contributed by atoms with Gasteiger partial charge in [0.05, 0.1) is 11.0 Å². The fraction of sp³-hybridized carbons (Fsp3) is 0. The average Bonchev–Trinajstić information content (AvgIpc) is 3.71. The predicted molar refractivity (Wildman–Crippen MR) is 282 cm³/mol. The Morgan fingerprint density at radius 2 is 0.818 bits per heavy atom. The number of nitrogens with zero attached hydrogens (tertiary/aromatic N) is 2. The summed E-state index contributed by atoms with van der Waals surface area (Å²) >= 11 is 0. The summed E-state index contributed by atoms with van der Waals surface area (Å²) in [5, 5.41) is 7.38. The third kappa shape index (κ3) is 7.12. The summed E-state index contributed by atoms with van der Waals surface area (Å²) in [7, 11) is 0. The largest absolute Gasteiger partial charge is 0.310 e. The van der Waals surface area contributed by atoms with Gasteiger partial charge in [0.1, 0.15) is 0 Å². The fourth-order valence-corrected chi connectivity index (χ4v) is 9.83. The van der Waals surface area contributed by atoms with Crippen LogP contribution in [-0.2, 0) is 0 Å². The molecule has 12 aromatic rings. The van der Waals surface area contributed by atoms with Crippen LogP contribution in [0.4, 0.5) is 17.1 Å². The van der Waals surface area contributed by atoms with Gasteiger partial charge in [0, 0.05) is 33.5 Å². The van der Waals surface area contributed by atoms with E-state index < -0.39 is 0 Å². The van der Waals surface area contributed by atoms with E-state index in [-0.39, 0.29) is 0 Å². The molecule has 0 spiro atoms. The van der Waals surface area contributed by atoms with Crippen LogP contribution in [0.1, 0.15) is 11.1 Å². The van der Waals surface area contributed by atoms with Gasteiger partial charge in [-0.15, -0.1) is 0 Å². The molecule has 0 fully saturated rings. The van der Waals surface area contributed by atoms with Gasteiger partial charge < -0.3 is 9.47 Å². The van der Waals surface area contributed by atoms with Gasteiger partial charge in [0.25, 0.3) is 0 Å². The summed E-state index contributed by atoms with van der Waals surface area (Å²) in [6.07, 6.45) is 4.48. The lowest BCUT2D eigenvalue weighted by molar-refractivity contribution is 1.18. The molecule has 0 saturated carbocycles. The van der Waals surface area contributed by atoms with E-state index in [1.165, 1.54) is 71.2 Å². The van der Waals surface area contributed by atoms with Crippen LogP contribution in [0.15, 0.2) is 255 Å². The van der Waals surface area contributed by atoms with Crippen molar-refractivity contribution in [1.29, 1.82) is 0 Å². The number of aromatic nitrogens is 1. The highest BCUT2D eigenvalue weighted by Gasteiger charge is 2.19.